The first-order chi connectivity index (χ1) is 8.55. The normalized spacial score (nSPS) is 19.0. The number of piperidine rings is 1. The van der Waals surface area contributed by atoms with Crippen LogP contribution >= 0.6 is 27.5 Å². The molecular formula is C12H15BrClNO2S. The zero-order valence-electron chi connectivity index (χ0n) is 9.85. The third-order valence-electron chi connectivity index (χ3n) is 3.25. The molecule has 1 aliphatic rings. The van der Waals surface area contributed by atoms with Crippen molar-refractivity contribution >= 4 is 37.6 Å². The molecule has 0 aromatic heterocycles. The van der Waals surface area contributed by atoms with Gasteiger partial charge in [0.15, 0.2) is 0 Å². The van der Waals surface area contributed by atoms with Crippen molar-refractivity contribution in [1.82, 2.24) is 4.31 Å². The van der Waals surface area contributed by atoms with Crippen LogP contribution in [0.25, 0.3) is 0 Å². The van der Waals surface area contributed by atoms with Crippen LogP contribution in [0.1, 0.15) is 12.8 Å². The van der Waals surface area contributed by atoms with Gasteiger partial charge in [0.2, 0.25) is 10.0 Å². The predicted octanol–water partition coefficient (Wildman–Crippen LogP) is 3.14. The molecule has 100 valence electrons. The minimum absolute atomic E-state index is 0.212. The molecular weight excluding hydrogens is 338 g/mol. The fraction of sp³-hybridized carbons (Fsp3) is 0.500. The van der Waals surface area contributed by atoms with Crippen molar-refractivity contribution in [2.45, 2.75) is 17.7 Å². The molecule has 1 saturated heterocycles. The summed E-state index contributed by atoms with van der Waals surface area (Å²) in [6.45, 7) is 1.15. The Morgan fingerprint density at radius 3 is 2.44 bits per heavy atom. The van der Waals surface area contributed by atoms with Crippen LogP contribution in [0.2, 0.25) is 5.02 Å². The van der Waals surface area contributed by atoms with Crippen LogP contribution in [0.15, 0.2) is 29.2 Å². The highest BCUT2D eigenvalue weighted by molar-refractivity contribution is 9.09. The van der Waals surface area contributed by atoms with E-state index in [2.05, 4.69) is 15.9 Å². The zero-order chi connectivity index (χ0) is 13.2. The second kappa shape index (κ2) is 5.90. The molecule has 2 rings (SSSR count). The van der Waals surface area contributed by atoms with Gasteiger partial charge in [0.1, 0.15) is 4.90 Å². The maximum Gasteiger partial charge on any atom is 0.244 e. The number of hydrogen-bond acceptors (Lipinski definition) is 2. The first kappa shape index (κ1) is 14.3. The van der Waals surface area contributed by atoms with Gasteiger partial charge in [-0.05, 0) is 30.9 Å². The molecule has 0 spiro atoms. The molecule has 0 atom stereocenters. The van der Waals surface area contributed by atoms with E-state index in [1.165, 1.54) is 4.31 Å². The minimum atomic E-state index is -3.44. The summed E-state index contributed by atoms with van der Waals surface area (Å²) >= 11 is 9.42. The Morgan fingerprint density at radius 2 is 1.89 bits per heavy atom. The van der Waals surface area contributed by atoms with Crippen molar-refractivity contribution < 1.29 is 8.42 Å². The third-order valence-corrected chi connectivity index (χ3v) is 6.56. The number of rotatable bonds is 3. The predicted molar refractivity (Wildman–Crippen MR) is 76.7 cm³/mol. The highest BCUT2D eigenvalue weighted by Gasteiger charge is 2.30. The number of benzene rings is 1. The summed E-state index contributed by atoms with van der Waals surface area (Å²) in [7, 11) is -3.44. The van der Waals surface area contributed by atoms with E-state index in [0.29, 0.717) is 24.0 Å². The van der Waals surface area contributed by atoms with Crippen LogP contribution in [0.3, 0.4) is 0 Å². The summed E-state index contributed by atoms with van der Waals surface area (Å²) in [5.74, 6) is 0.572. The van der Waals surface area contributed by atoms with Crippen molar-refractivity contribution in [3.63, 3.8) is 0 Å². The summed E-state index contributed by atoms with van der Waals surface area (Å²) in [5, 5.41) is 1.23. The van der Waals surface area contributed by atoms with E-state index < -0.39 is 10.0 Å². The van der Waals surface area contributed by atoms with Crippen LogP contribution in [0.4, 0.5) is 0 Å². The zero-order valence-corrected chi connectivity index (χ0v) is 13.0. The average molecular weight is 353 g/mol. The molecule has 1 aliphatic heterocycles. The van der Waals surface area contributed by atoms with Gasteiger partial charge in [-0.25, -0.2) is 8.42 Å². The van der Waals surface area contributed by atoms with Gasteiger partial charge in [-0.2, -0.15) is 4.31 Å². The summed E-state index contributed by atoms with van der Waals surface area (Å²) in [6.07, 6.45) is 1.80. The molecule has 18 heavy (non-hydrogen) atoms. The minimum Gasteiger partial charge on any atom is -0.207 e. The topological polar surface area (TPSA) is 37.4 Å². The highest BCUT2D eigenvalue weighted by Crippen LogP contribution is 2.28. The summed E-state index contributed by atoms with van der Waals surface area (Å²) < 4.78 is 26.4. The molecule has 1 aromatic carbocycles. The van der Waals surface area contributed by atoms with E-state index >= 15 is 0 Å². The molecule has 0 saturated carbocycles. The maximum absolute atomic E-state index is 12.4. The lowest BCUT2D eigenvalue weighted by Gasteiger charge is -2.30. The lowest BCUT2D eigenvalue weighted by Crippen LogP contribution is -2.38. The molecule has 0 unspecified atom stereocenters. The molecule has 0 N–H and O–H groups in total. The molecule has 0 bridgehead atoms. The first-order valence-corrected chi connectivity index (χ1v) is 8.80. The summed E-state index contributed by atoms with van der Waals surface area (Å²) in [4.78, 5) is 0.212. The van der Waals surface area contributed by atoms with Crippen molar-refractivity contribution in [3.8, 4) is 0 Å². The van der Waals surface area contributed by atoms with Gasteiger partial charge >= 0.3 is 0 Å². The highest BCUT2D eigenvalue weighted by atomic mass is 79.9. The monoisotopic (exact) mass is 351 g/mol. The van der Waals surface area contributed by atoms with E-state index in [0.717, 1.165) is 18.2 Å². The average Bonchev–Trinajstić information content (AvgIpc) is 2.39. The number of alkyl halides is 1. The Hall–Kier alpha value is -0.100. The van der Waals surface area contributed by atoms with E-state index in [9.17, 15) is 8.42 Å². The molecule has 1 aromatic rings. The molecule has 0 radical (unpaired) electrons. The van der Waals surface area contributed by atoms with Crippen molar-refractivity contribution in [1.29, 1.82) is 0 Å². The van der Waals surface area contributed by atoms with Gasteiger partial charge < -0.3 is 0 Å². The Balaban J connectivity index is 2.20. The Bertz CT molecular complexity index is 513. The van der Waals surface area contributed by atoms with Crippen molar-refractivity contribution in [2.24, 2.45) is 5.92 Å². The van der Waals surface area contributed by atoms with Crippen LogP contribution < -0.4 is 0 Å². The van der Waals surface area contributed by atoms with Gasteiger partial charge in [-0.15, -0.1) is 0 Å². The molecule has 1 heterocycles. The van der Waals surface area contributed by atoms with Gasteiger partial charge in [-0.1, -0.05) is 39.7 Å². The van der Waals surface area contributed by atoms with E-state index in [-0.39, 0.29) is 4.90 Å². The standard InChI is InChI=1S/C12H15BrClNO2S/c13-9-10-5-7-15(8-6-10)18(16,17)12-4-2-1-3-11(12)14/h1-4,10H,5-9H2. The number of halogens is 2. The molecule has 0 aliphatic carbocycles. The fourth-order valence-electron chi connectivity index (χ4n) is 2.10. The lowest BCUT2D eigenvalue weighted by atomic mass is 10.0. The largest absolute Gasteiger partial charge is 0.244 e. The van der Waals surface area contributed by atoms with Crippen LogP contribution in [-0.2, 0) is 10.0 Å². The summed E-state index contributed by atoms with van der Waals surface area (Å²) in [5.41, 5.74) is 0. The van der Waals surface area contributed by atoms with Crippen molar-refractivity contribution in [2.75, 3.05) is 18.4 Å². The third kappa shape index (κ3) is 2.90. The first-order valence-electron chi connectivity index (χ1n) is 5.86. The van der Waals surface area contributed by atoms with Crippen LogP contribution in [0.5, 0.6) is 0 Å². The van der Waals surface area contributed by atoms with E-state index in [1.54, 1.807) is 24.3 Å². The molecule has 0 amide bonds. The number of nitrogens with zero attached hydrogens (tertiary/aromatic N) is 1. The number of hydrogen-bond donors (Lipinski definition) is 0. The van der Waals surface area contributed by atoms with E-state index in [4.69, 9.17) is 11.6 Å². The van der Waals surface area contributed by atoms with Crippen molar-refractivity contribution in [3.05, 3.63) is 29.3 Å². The van der Waals surface area contributed by atoms with Gasteiger partial charge in [-0.3, -0.25) is 0 Å². The van der Waals surface area contributed by atoms with Gasteiger partial charge in [0.25, 0.3) is 0 Å². The summed E-state index contributed by atoms with van der Waals surface area (Å²) in [6, 6.07) is 6.61. The Labute approximate surface area is 121 Å². The van der Waals surface area contributed by atoms with E-state index in [1.807, 2.05) is 0 Å². The van der Waals surface area contributed by atoms with Gasteiger partial charge in [0, 0.05) is 18.4 Å². The smallest absolute Gasteiger partial charge is 0.207 e. The Morgan fingerprint density at radius 1 is 1.28 bits per heavy atom. The lowest BCUT2D eigenvalue weighted by molar-refractivity contribution is 0.292. The molecule has 3 nitrogen and oxygen atoms in total. The molecule has 1 fully saturated rings. The second-order valence-electron chi connectivity index (χ2n) is 4.43. The molecule has 6 heteroatoms. The Kier molecular flexibility index (Phi) is 4.69. The van der Waals surface area contributed by atoms with Gasteiger partial charge in [0.05, 0.1) is 5.02 Å². The second-order valence-corrected chi connectivity index (χ2v) is 7.39. The van der Waals surface area contributed by atoms with Crippen LogP contribution in [-0.4, -0.2) is 31.1 Å². The van der Waals surface area contributed by atoms with Crippen LogP contribution in [0, 0.1) is 5.92 Å². The maximum atomic E-state index is 12.4. The fourth-order valence-corrected chi connectivity index (χ4v) is 4.71. The quantitative estimate of drug-likeness (QED) is 0.784. The number of sulfonamides is 1. The SMILES string of the molecule is O=S(=O)(c1ccccc1Cl)N1CCC(CBr)CC1.